The first-order chi connectivity index (χ1) is 9.41. The summed E-state index contributed by atoms with van der Waals surface area (Å²) in [6.07, 6.45) is 0.0270. The van der Waals surface area contributed by atoms with E-state index in [0.717, 1.165) is 4.88 Å². The van der Waals surface area contributed by atoms with E-state index in [1.54, 1.807) is 20.0 Å². The third kappa shape index (κ3) is 2.78. The average molecular weight is 298 g/mol. The number of thiophene rings is 1. The van der Waals surface area contributed by atoms with Crippen LogP contribution in [0.5, 0.6) is 0 Å². The summed E-state index contributed by atoms with van der Waals surface area (Å²) in [6, 6.07) is 0.469. The van der Waals surface area contributed by atoms with Crippen molar-refractivity contribution in [1.82, 2.24) is 9.80 Å². The summed E-state index contributed by atoms with van der Waals surface area (Å²) in [6.45, 7) is 2.15. The van der Waals surface area contributed by atoms with Gasteiger partial charge >= 0.3 is 12.0 Å². The molecule has 0 aromatic carbocycles. The van der Waals surface area contributed by atoms with Gasteiger partial charge in [0.1, 0.15) is 0 Å². The quantitative estimate of drug-likeness (QED) is 0.877. The molecule has 0 spiro atoms. The first-order valence-electron chi connectivity index (χ1n) is 6.40. The molecule has 2 heterocycles. The average Bonchev–Trinajstić information content (AvgIpc) is 2.83. The van der Waals surface area contributed by atoms with E-state index in [4.69, 9.17) is 0 Å². The van der Waals surface area contributed by atoms with Gasteiger partial charge in [0.05, 0.1) is 6.10 Å². The molecule has 110 valence electrons. The maximum absolute atomic E-state index is 12.4. The lowest BCUT2D eigenvalue weighted by molar-refractivity contribution is -0.143. The van der Waals surface area contributed by atoms with Crippen LogP contribution >= 0.6 is 11.3 Å². The number of likely N-dealkylation sites (N-methyl/N-ethyl adjacent to an activating group) is 1. The van der Waals surface area contributed by atoms with E-state index in [1.807, 2.05) is 5.38 Å². The van der Waals surface area contributed by atoms with E-state index in [9.17, 15) is 19.8 Å². The zero-order valence-electron chi connectivity index (χ0n) is 11.4. The first-order valence-corrected chi connectivity index (χ1v) is 7.28. The highest BCUT2D eigenvalue weighted by molar-refractivity contribution is 7.10. The van der Waals surface area contributed by atoms with Gasteiger partial charge in [0.2, 0.25) is 0 Å². The van der Waals surface area contributed by atoms with E-state index in [1.165, 1.54) is 21.1 Å². The van der Waals surface area contributed by atoms with Gasteiger partial charge in [0, 0.05) is 25.0 Å². The number of fused-ring (bicyclic) bond motifs is 1. The highest BCUT2D eigenvalue weighted by Gasteiger charge is 2.37. The molecule has 0 aliphatic carbocycles. The fourth-order valence-corrected chi connectivity index (χ4v) is 3.39. The number of carbonyl (C=O) groups is 2. The summed E-state index contributed by atoms with van der Waals surface area (Å²) in [5, 5.41) is 20.6. The van der Waals surface area contributed by atoms with Gasteiger partial charge in [0.25, 0.3) is 0 Å². The normalized spacial score (nSPS) is 19.4. The summed E-state index contributed by atoms with van der Waals surface area (Å²) in [7, 11) is 1.57. The molecule has 2 atom stereocenters. The highest BCUT2D eigenvalue weighted by atomic mass is 32.1. The third-order valence-corrected chi connectivity index (χ3v) is 4.31. The molecule has 6 nitrogen and oxygen atoms in total. The molecule has 0 saturated carbocycles. The molecule has 1 aromatic heterocycles. The second-order valence-corrected chi connectivity index (χ2v) is 6.00. The van der Waals surface area contributed by atoms with Crippen molar-refractivity contribution in [3.63, 3.8) is 0 Å². The number of urea groups is 1. The Hall–Kier alpha value is -1.60. The molecule has 2 N–H and O–H groups in total. The molecule has 2 amide bonds. The number of nitrogens with zero attached hydrogens (tertiary/aromatic N) is 2. The zero-order valence-corrected chi connectivity index (χ0v) is 12.3. The Morgan fingerprint density at radius 2 is 2.30 bits per heavy atom. The minimum absolute atomic E-state index is 0.179. The predicted octanol–water partition coefficient (Wildman–Crippen LogP) is 1.16. The summed E-state index contributed by atoms with van der Waals surface area (Å²) in [5.74, 6) is -1.02. The number of hydrogen-bond acceptors (Lipinski definition) is 4. The summed E-state index contributed by atoms with van der Waals surface area (Å²) < 4.78 is 0. The van der Waals surface area contributed by atoms with Crippen LogP contribution in [0.3, 0.4) is 0 Å². The van der Waals surface area contributed by atoms with Crippen LogP contribution in [0, 0.1) is 0 Å². The van der Waals surface area contributed by atoms with Gasteiger partial charge in [-0.3, -0.25) is 0 Å². The minimum atomic E-state index is -1.02. The van der Waals surface area contributed by atoms with Gasteiger partial charge in [-0.15, -0.1) is 11.3 Å². The van der Waals surface area contributed by atoms with Crippen molar-refractivity contribution in [3.05, 3.63) is 21.9 Å². The lowest BCUT2D eigenvalue weighted by Crippen LogP contribution is -2.49. The number of carboxylic acid groups (broad SMARTS) is 1. The summed E-state index contributed by atoms with van der Waals surface area (Å²) in [4.78, 5) is 27.6. The van der Waals surface area contributed by atoms with Crippen LogP contribution in [0.2, 0.25) is 0 Å². The van der Waals surface area contributed by atoms with E-state index in [-0.39, 0.29) is 12.6 Å². The number of hydrogen-bond donors (Lipinski definition) is 2. The van der Waals surface area contributed by atoms with Crippen LogP contribution in [0.25, 0.3) is 0 Å². The molecule has 1 aromatic rings. The van der Waals surface area contributed by atoms with Crippen molar-refractivity contribution in [2.75, 3.05) is 20.1 Å². The zero-order chi connectivity index (χ0) is 14.9. The molecule has 0 fully saturated rings. The van der Waals surface area contributed by atoms with E-state index in [0.29, 0.717) is 18.5 Å². The molecule has 7 heteroatoms. The molecule has 0 bridgehead atoms. The van der Waals surface area contributed by atoms with Crippen LogP contribution in [0.15, 0.2) is 11.4 Å². The van der Waals surface area contributed by atoms with Crippen LogP contribution in [-0.2, 0) is 11.2 Å². The molecule has 2 unspecified atom stereocenters. The summed E-state index contributed by atoms with van der Waals surface area (Å²) >= 11 is 1.52. The second kappa shape index (κ2) is 5.80. The van der Waals surface area contributed by atoms with Gasteiger partial charge in [-0.05, 0) is 30.4 Å². The fraction of sp³-hybridized carbons (Fsp3) is 0.538. The Balaban J connectivity index is 2.23. The second-order valence-electron chi connectivity index (χ2n) is 5.00. The highest BCUT2D eigenvalue weighted by Crippen LogP contribution is 2.33. The van der Waals surface area contributed by atoms with Crippen molar-refractivity contribution in [1.29, 1.82) is 0 Å². The standard InChI is InChI=1S/C13H18N2O4S/c1-8(16)7-14(2)13(19)15-5-3-10-9(4-6-20-10)11(15)12(17)18/h4,6,8,11,16H,3,5,7H2,1-2H3,(H,17,18). The lowest BCUT2D eigenvalue weighted by Gasteiger charge is -2.36. The van der Waals surface area contributed by atoms with Crippen molar-refractivity contribution >= 4 is 23.3 Å². The third-order valence-electron chi connectivity index (χ3n) is 3.31. The maximum atomic E-state index is 12.4. The SMILES string of the molecule is CC(O)CN(C)C(=O)N1CCc2sccc2C1C(=O)O. The van der Waals surface area contributed by atoms with E-state index in [2.05, 4.69) is 0 Å². The molecule has 0 saturated heterocycles. The Morgan fingerprint density at radius 3 is 2.90 bits per heavy atom. The lowest BCUT2D eigenvalue weighted by atomic mass is 10.0. The molecule has 1 aliphatic rings. The number of aliphatic carboxylic acids is 1. The smallest absolute Gasteiger partial charge is 0.331 e. The molecule has 20 heavy (non-hydrogen) atoms. The number of aliphatic hydroxyl groups is 1. The van der Waals surface area contributed by atoms with Crippen LogP contribution in [0.1, 0.15) is 23.4 Å². The van der Waals surface area contributed by atoms with Gasteiger partial charge in [-0.1, -0.05) is 0 Å². The van der Waals surface area contributed by atoms with E-state index < -0.39 is 18.1 Å². The van der Waals surface area contributed by atoms with Gasteiger partial charge in [-0.25, -0.2) is 9.59 Å². The number of aliphatic hydroxyl groups excluding tert-OH is 1. The Kier molecular flexibility index (Phi) is 4.29. The minimum Gasteiger partial charge on any atom is -0.479 e. The van der Waals surface area contributed by atoms with Gasteiger partial charge < -0.3 is 20.0 Å². The van der Waals surface area contributed by atoms with Crippen molar-refractivity contribution in [2.45, 2.75) is 25.5 Å². The maximum Gasteiger partial charge on any atom is 0.331 e. The van der Waals surface area contributed by atoms with Crippen molar-refractivity contribution in [2.24, 2.45) is 0 Å². The van der Waals surface area contributed by atoms with Crippen LogP contribution < -0.4 is 0 Å². The fourth-order valence-electron chi connectivity index (χ4n) is 2.48. The predicted molar refractivity (Wildman–Crippen MR) is 74.8 cm³/mol. The monoisotopic (exact) mass is 298 g/mol. The topological polar surface area (TPSA) is 81.1 Å². The van der Waals surface area contributed by atoms with Gasteiger partial charge in [0.15, 0.2) is 6.04 Å². The number of carboxylic acids is 1. The number of carbonyl (C=O) groups excluding carboxylic acids is 1. The molecule has 1 aliphatic heterocycles. The van der Waals surface area contributed by atoms with Gasteiger partial charge in [-0.2, -0.15) is 0 Å². The van der Waals surface area contributed by atoms with Crippen LogP contribution in [0.4, 0.5) is 4.79 Å². The Morgan fingerprint density at radius 1 is 1.60 bits per heavy atom. The number of rotatable bonds is 3. The Bertz CT molecular complexity index is 514. The molecular formula is C13H18N2O4S. The molecule has 0 radical (unpaired) electrons. The molecule has 2 rings (SSSR count). The first kappa shape index (κ1) is 14.8. The molecular weight excluding hydrogens is 280 g/mol. The van der Waals surface area contributed by atoms with Crippen molar-refractivity contribution < 1.29 is 19.8 Å². The largest absolute Gasteiger partial charge is 0.479 e. The Labute approximate surface area is 121 Å². The summed E-state index contributed by atoms with van der Waals surface area (Å²) in [5.41, 5.74) is 0.701. The van der Waals surface area contributed by atoms with Crippen molar-refractivity contribution in [3.8, 4) is 0 Å². The van der Waals surface area contributed by atoms with E-state index >= 15 is 0 Å². The van der Waals surface area contributed by atoms with Crippen LogP contribution in [-0.4, -0.2) is 58.3 Å². The number of amides is 2.